The van der Waals surface area contributed by atoms with E-state index in [0.29, 0.717) is 6.54 Å². The van der Waals surface area contributed by atoms with Crippen molar-refractivity contribution >= 4 is 11.6 Å². The highest BCUT2D eigenvalue weighted by molar-refractivity contribution is 6.31. The van der Waals surface area contributed by atoms with Crippen LogP contribution in [0.15, 0.2) is 24.3 Å². The van der Waals surface area contributed by atoms with Crippen LogP contribution in [-0.2, 0) is 6.42 Å². The fourth-order valence-electron chi connectivity index (χ4n) is 1.15. The lowest BCUT2D eigenvalue weighted by Gasteiger charge is -2.04. The molecule has 0 aromatic heterocycles. The zero-order valence-corrected chi connectivity index (χ0v) is 8.35. The maximum absolute atomic E-state index is 5.98. The largest absolute Gasteiger partial charge is 0.329 e. The summed E-state index contributed by atoms with van der Waals surface area (Å²) in [5, 5.41) is 4.07. The maximum Gasteiger partial charge on any atom is 0.0438 e. The molecule has 3 heteroatoms. The molecule has 0 unspecified atom stereocenters. The van der Waals surface area contributed by atoms with Gasteiger partial charge >= 0.3 is 0 Å². The zero-order chi connectivity index (χ0) is 9.52. The van der Waals surface area contributed by atoms with Gasteiger partial charge in [-0.05, 0) is 24.6 Å². The Bertz CT molecular complexity index is 250. The van der Waals surface area contributed by atoms with Crippen molar-refractivity contribution in [1.29, 1.82) is 0 Å². The van der Waals surface area contributed by atoms with Crippen LogP contribution in [0.25, 0.3) is 0 Å². The van der Waals surface area contributed by atoms with Gasteiger partial charge in [-0.2, -0.15) is 0 Å². The SMILES string of the molecule is NCCNCCc1ccccc1Cl. The summed E-state index contributed by atoms with van der Waals surface area (Å²) in [6.45, 7) is 2.48. The van der Waals surface area contributed by atoms with Gasteiger partial charge in [-0.25, -0.2) is 0 Å². The minimum absolute atomic E-state index is 0.683. The number of rotatable bonds is 5. The van der Waals surface area contributed by atoms with Gasteiger partial charge in [0, 0.05) is 18.1 Å². The van der Waals surface area contributed by atoms with Crippen LogP contribution >= 0.6 is 11.6 Å². The highest BCUT2D eigenvalue weighted by atomic mass is 35.5. The van der Waals surface area contributed by atoms with E-state index in [1.807, 2.05) is 24.3 Å². The summed E-state index contributed by atoms with van der Waals surface area (Å²) in [6.07, 6.45) is 0.958. The van der Waals surface area contributed by atoms with Crippen molar-refractivity contribution in [2.75, 3.05) is 19.6 Å². The number of nitrogens with two attached hydrogens (primary N) is 1. The highest BCUT2D eigenvalue weighted by Gasteiger charge is 1.96. The van der Waals surface area contributed by atoms with E-state index < -0.39 is 0 Å². The third kappa shape index (κ3) is 3.77. The lowest BCUT2D eigenvalue weighted by molar-refractivity contribution is 0.689. The molecule has 1 aromatic carbocycles. The fraction of sp³-hybridized carbons (Fsp3) is 0.400. The Kier molecular flexibility index (Phi) is 4.83. The highest BCUT2D eigenvalue weighted by Crippen LogP contribution is 2.14. The molecule has 13 heavy (non-hydrogen) atoms. The molecule has 0 heterocycles. The van der Waals surface area contributed by atoms with Crippen LogP contribution in [0.4, 0.5) is 0 Å². The molecule has 3 N–H and O–H groups in total. The van der Waals surface area contributed by atoms with Crippen molar-refractivity contribution in [3.63, 3.8) is 0 Å². The second-order valence-corrected chi connectivity index (χ2v) is 3.29. The summed E-state index contributed by atoms with van der Waals surface area (Å²) in [5.74, 6) is 0. The minimum atomic E-state index is 0.683. The number of hydrogen-bond donors (Lipinski definition) is 2. The van der Waals surface area contributed by atoms with Crippen molar-refractivity contribution in [3.05, 3.63) is 34.9 Å². The second kappa shape index (κ2) is 5.97. The molecule has 0 atom stereocenters. The quantitative estimate of drug-likeness (QED) is 0.703. The Hall–Kier alpha value is -0.570. The molecule has 0 aliphatic heterocycles. The lowest BCUT2D eigenvalue weighted by atomic mass is 10.1. The third-order valence-corrected chi connectivity index (χ3v) is 2.22. The molecule has 0 radical (unpaired) electrons. The molecule has 2 nitrogen and oxygen atoms in total. The third-order valence-electron chi connectivity index (χ3n) is 1.85. The number of hydrogen-bond acceptors (Lipinski definition) is 2. The summed E-state index contributed by atoms with van der Waals surface area (Å²) >= 11 is 5.98. The van der Waals surface area contributed by atoms with Gasteiger partial charge in [-0.3, -0.25) is 0 Å². The molecule has 72 valence electrons. The topological polar surface area (TPSA) is 38.0 Å². The molecular weight excluding hydrogens is 184 g/mol. The van der Waals surface area contributed by atoms with Gasteiger partial charge in [-0.1, -0.05) is 29.8 Å². The predicted molar refractivity (Wildman–Crippen MR) is 57.1 cm³/mol. The van der Waals surface area contributed by atoms with Crippen molar-refractivity contribution < 1.29 is 0 Å². The molecule has 0 aliphatic rings. The Morgan fingerprint density at radius 1 is 1.23 bits per heavy atom. The van der Waals surface area contributed by atoms with Gasteiger partial charge in [0.05, 0.1) is 0 Å². The van der Waals surface area contributed by atoms with E-state index in [-0.39, 0.29) is 0 Å². The Morgan fingerprint density at radius 3 is 2.69 bits per heavy atom. The normalized spacial score (nSPS) is 10.3. The smallest absolute Gasteiger partial charge is 0.0438 e. The number of benzene rings is 1. The van der Waals surface area contributed by atoms with Gasteiger partial charge in [0.2, 0.25) is 0 Å². The van der Waals surface area contributed by atoms with Crippen LogP contribution in [0.1, 0.15) is 5.56 Å². The molecule has 0 aliphatic carbocycles. The first kappa shape index (κ1) is 10.5. The first-order chi connectivity index (χ1) is 6.34. The number of halogens is 1. The average molecular weight is 199 g/mol. The van der Waals surface area contributed by atoms with Crippen molar-refractivity contribution in [1.82, 2.24) is 5.32 Å². The number of nitrogens with one attached hydrogen (secondary N) is 1. The Balaban J connectivity index is 2.32. The van der Waals surface area contributed by atoms with Crippen molar-refractivity contribution in [2.45, 2.75) is 6.42 Å². The van der Waals surface area contributed by atoms with E-state index >= 15 is 0 Å². The first-order valence-electron chi connectivity index (χ1n) is 4.49. The molecule has 1 rings (SSSR count). The van der Waals surface area contributed by atoms with E-state index in [1.165, 1.54) is 5.56 Å². The molecule has 0 bridgehead atoms. The molecule has 0 saturated heterocycles. The monoisotopic (exact) mass is 198 g/mol. The van der Waals surface area contributed by atoms with Gasteiger partial charge < -0.3 is 11.1 Å². The second-order valence-electron chi connectivity index (χ2n) is 2.88. The van der Waals surface area contributed by atoms with E-state index in [0.717, 1.165) is 24.5 Å². The fourth-order valence-corrected chi connectivity index (χ4v) is 1.38. The van der Waals surface area contributed by atoms with E-state index in [1.54, 1.807) is 0 Å². The van der Waals surface area contributed by atoms with Gasteiger partial charge in [-0.15, -0.1) is 0 Å². The summed E-state index contributed by atoms with van der Waals surface area (Å²) < 4.78 is 0. The summed E-state index contributed by atoms with van der Waals surface area (Å²) in [6, 6.07) is 7.91. The molecule has 0 spiro atoms. The molecular formula is C10H15ClN2. The Morgan fingerprint density at radius 2 is 2.00 bits per heavy atom. The van der Waals surface area contributed by atoms with Crippen LogP contribution < -0.4 is 11.1 Å². The summed E-state index contributed by atoms with van der Waals surface area (Å²) in [7, 11) is 0. The van der Waals surface area contributed by atoms with E-state index in [4.69, 9.17) is 17.3 Å². The van der Waals surface area contributed by atoms with E-state index in [2.05, 4.69) is 5.32 Å². The Labute approximate surface area is 84.1 Å². The molecule has 0 fully saturated rings. The minimum Gasteiger partial charge on any atom is -0.329 e. The lowest BCUT2D eigenvalue weighted by Crippen LogP contribution is -2.24. The first-order valence-corrected chi connectivity index (χ1v) is 4.86. The van der Waals surface area contributed by atoms with Crippen LogP contribution in [0.3, 0.4) is 0 Å². The summed E-state index contributed by atoms with van der Waals surface area (Å²) in [4.78, 5) is 0. The molecule has 1 aromatic rings. The standard InChI is InChI=1S/C10H15ClN2/c11-10-4-2-1-3-9(10)5-7-13-8-6-12/h1-4,13H,5-8,12H2. The molecule has 0 saturated carbocycles. The average Bonchev–Trinajstić information content (AvgIpc) is 2.15. The predicted octanol–water partition coefficient (Wildman–Crippen LogP) is 1.43. The van der Waals surface area contributed by atoms with Crippen LogP contribution in [0.2, 0.25) is 5.02 Å². The van der Waals surface area contributed by atoms with Gasteiger partial charge in [0.1, 0.15) is 0 Å². The van der Waals surface area contributed by atoms with Crippen LogP contribution in [0.5, 0.6) is 0 Å². The molecule has 0 amide bonds. The van der Waals surface area contributed by atoms with Crippen molar-refractivity contribution in [2.24, 2.45) is 5.73 Å². The van der Waals surface area contributed by atoms with E-state index in [9.17, 15) is 0 Å². The van der Waals surface area contributed by atoms with Crippen LogP contribution in [0, 0.1) is 0 Å². The van der Waals surface area contributed by atoms with Crippen LogP contribution in [-0.4, -0.2) is 19.6 Å². The zero-order valence-electron chi connectivity index (χ0n) is 7.59. The summed E-state index contributed by atoms with van der Waals surface area (Å²) in [5.41, 5.74) is 6.54. The van der Waals surface area contributed by atoms with Crippen molar-refractivity contribution in [3.8, 4) is 0 Å². The van der Waals surface area contributed by atoms with Gasteiger partial charge in [0.15, 0.2) is 0 Å². The maximum atomic E-state index is 5.98. The van der Waals surface area contributed by atoms with Gasteiger partial charge in [0.25, 0.3) is 0 Å².